The minimum atomic E-state index is 0. The van der Waals surface area contributed by atoms with Gasteiger partial charge in [0.25, 0.3) is 0 Å². The van der Waals surface area contributed by atoms with Crippen molar-refractivity contribution in [3.05, 3.63) is 12.7 Å². The molecule has 1 nitrogen and oxygen atoms in total. The first-order chi connectivity index (χ1) is 6.24. The van der Waals surface area contributed by atoms with E-state index in [4.69, 9.17) is 0 Å². The van der Waals surface area contributed by atoms with Crippen LogP contribution >= 0.6 is 0 Å². The highest BCUT2D eigenvalue weighted by Crippen LogP contribution is 2.11. The predicted molar refractivity (Wildman–Crippen MR) is 60.8 cm³/mol. The summed E-state index contributed by atoms with van der Waals surface area (Å²) in [4.78, 5) is 0. The van der Waals surface area contributed by atoms with Crippen molar-refractivity contribution in [1.29, 1.82) is 0 Å². The molecule has 0 amide bonds. The van der Waals surface area contributed by atoms with E-state index in [2.05, 4.69) is 33.4 Å². The summed E-state index contributed by atoms with van der Waals surface area (Å²) in [5.41, 5.74) is 0. The molecule has 0 atom stereocenters. The smallest absolute Gasteiger partial charge is 0.0971 e. The average Bonchev–Trinajstić information content (AvgIpc) is 2.06. The molecule has 0 saturated heterocycles. The minimum Gasteiger partial charge on any atom is -1.00 e. The highest BCUT2D eigenvalue weighted by atomic mass is 79.9. The Bertz CT molecular complexity index is 117. The number of nitrogens with zero attached hydrogens (tertiary/aromatic N) is 1. The van der Waals surface area contributed by atoms with Crippen LogP contribution in [0.3, 0.4) is 0 Å². The van der Waals surface area contributed by atoms with Gasteiger partial charge in [-0.1, -0.05) is 27.4 Å². The molecule has 0 rings (SSSR count). The van der Waals surface area contributed by atoms with Gasteiger partial charge in [-0.15, -0.1) is 0 Å². The Kier molecular flexibility index (Phi) is 11.5. The van der Waals surface area contributed by atoms with Gasteiger partial charge >= 0.3 is 0 Å². The van der Waals surface area contributed by atoms with Crippen LogP contribution in [0.1, 0.15) is 40.0 Å². The molecule has 0 radical (unpaired) electrons. The van der Waals surface area contributed by atoms with Gasteiger partial charge in [0.1, 0.15) is 0 Å². The minimum absolute atomic E-state index is 0. The van der Waals surface area contributed by atoms with Crippen LogP contribution in [0.15, 0.2) is 12.7 Å². The summed E-state index contributed by atoms with van der Waals surface area (Å²) in [6, 6.07) is 0. The van der Waals surface area contributed by atoms with Crippen LogP contribution in [0.25, 0.3) is 0 Å². The third-order valence-electron chi connectivity index (χ3n) is 2.61. The Morgan fingerprint density at radius 1 is 0.929 bits per heavy atom. The van der Waals surface area contributed by atoms with E-state index in [0.29, 0.717) is 0 Å². The normalized spacial score (nSPS) is 10.8. The molecular weight excluding hydrogens is 238 g/mol. The molecule has 14 heavy (non-hydrogen) atoms. The van der Waals surface area contributed by atoms with E-state index >= 15 is 0 Å². The van der Waals surface area contributed by atoms with Gasteiger partial charge in [0, 0.05) is 0 Å². The van der Waals surface area contributed by atoms with Crippen molar-refractivity contribution in [2.45, 2.75) is 40.0 Å². The summed E-state index contributed by atoms with van der Waals surface area (Å²) in [6.07, 6.45) is 5.94. The van der Waals surface area contributed by atoms with E-state index in [1.54, 1.807) is 0 Å². The van der Waals surface area contributed by atoms with Gasteiger partial charge in [-0.25, -0.2) is 0 Å². The maximum Gasteiger partial charge on any atom is 0.0971 e. The average molecular weight is 264 g/mol. The van der Waals surface area contributed by atoms with E-state index in [1.165, 1.54) is 43.4 Å². The number of rotatable bonds is 8. The van der Waals surface area contributed by atoms with Crippen LogP contribution < -0.4 is 17.0 Å². The number of hydrogen-bond acceptors (Lipinski definition) is 0. The molecule has 0 bridgehead atoms. The predicted octanol–water partition coefficient (Wildman–Crippen LogP) is 0.223. The molecule has 0 aromatic carbocycles. The lowest BCUT2D eigenvalue weighted by Gasteiger charge is -2.37. The Hall–Kier alpha value is 0.180. The molecule has 0 unspecified atom stereocenters. The van der Waals surface area contributed by atoms with Crippen LogP contribution in [0.2, 0.25) is 0 Å². The first-order valence-electron chi connectivity index (χ1n) is 5.70. The van der Waals surface area contributed by atoms with Crippen molar-refractivity contribution in [2.75, 3.05) is 26.2 Å². The number of halogens is 1. The van der Waals surface area contributed by atoms with Crippen molar-refractivity contribution in [2.24, 2.45) is 0 Å². The summed E-state index contributed by atoms with van der Waals surface area (Å²) in [7, 11) is 0. The SMILES string of the molecule is C=CC[N+](CCC)(CCC)CCC.[Br-]. The quantitative estimate of drug-likeness (QED) is 0.435. The van der Waals surface area contributed by atoms with E-state index in [9.17, 15) is 0 Å². The summed E-state index contributed by atoms with van der Waals surface area (Å²) < 4.78 is 1.26. The summed E-state index contributed by atoms with van der Waals surface area (Å²) in [6.45, 7) is 15.8. The molecule has 0 saturated carbocycles. The Labute approximate surface area is 101 Å². The van der Waals surface area contributed by atoms with Crippen molar-refractivity contribution >= 4 is 0 Å². The van der Waals surface area contributed by atoms with Crippen molar-refractivity contribution < 1.29 is 21.5 Å². The molecule has 0 aromatic rings. The summed E-state index contributed by atoms with van der Waals surface area (Å²) >= 11 is 0. The van der Waals surface area contributed by atoms with Gasteiger partial charge in [0.05, 0.1) is 26.2 Å². The zero-order valence-corrected chi connectivity index (χ0v) is 11.6. The Morgan fingerprint density at radius 2 is 1.29 bits per heavy atom. The molecule has 0 aliphatic heterocycles. The number of hydrogen-bond donors (Lipinski definition) is 0. The second-order valence-corrected chi connectivity index (χ2v) is 3.98. The second-order valence-electron chi connectivity index (χ2n) is 3.98. The van der Waals surface area contributed by atoms with Crippen molar-refractivity contribution in [3.8, 4) is 0 Å². The lowest BCUT2D eigenvalue weighted by Crippen LogP contribution is -3.00. The maximum absolute atomic E-state index is 3.88. The first-order valence-corrected chi connectivity index (χ1v) is 5.70. The Balaban J connectivity index is 0. The second kappa shape index (κ2) is 9.72. The topological polar surface area (TPSA) is 0 Å². The zero-order chi connectivity index (χ0) is 10.2. The molecule has 0 aliphatic rings. The van der Waals surface area contributed by atoms with Crippen LogP contribution in [-0.4, -0.2) is 30.7 Å². The molecule has 0 spiro atoms. The lowest BCUT2D eigenvalue weighted by molar-refractivity contribution is -0.923. The molecule has 86 valence electrons. The Morgan fingerprint density at radius 3 is 1.50 bits per heavy atom. The van der Waals surface area contributed by atoms with E-state index in [0.717, 1.165) is 6.54 Å². The van der Waals surface area contributed by atoms with Gasteiger partial charge in [-0.2, -0.15) is 0 Å². The van der Waals surface area contributed by atoms with Crippen LogP contribution in [0.4, 0.5) is 0 Å². The third-order valence-corrected chi connectivity index (χ3v) is 2.61. The van der Waals surface area contributed by atoms with E-state index < -0.39 is 0 Å². The van der Waals surface area contributed by atoms with Crippen LogP contribution in [-0.2, 0) is 0 Å². The molecule has 0 N–H and O–H groups in total. The fraction of sp³-hybridized carbons (Fsp3) is 0.833. The molecular formula is C12H26BrN. The highest BCUT2D eigenvalue weighted by Gasteiger charge is 2.22. The van der Waals surface area contributed by atoms with E-state index in [-0.39, 0.29) is 17.0 Å². The molecule has 0 heterocycles. The fourth-order valence-electron chi connectivity index (χ4n) is 2.31. The molecule has 2 heteroatoms. The summed E-state index contributed by atoms with van der Waals surface area (Å²) in [5.74, 6) is 0. The van der Waals surface area contributed by atoms with Gasteiger partial charge in [0.2, 0.25) is 0 Å². The van der Waals surface area contributed by atoms with Crippen molar-refractivity contribution in [3.63, 3.8) is 0 Å². The molecule has 0 aliphatic carbocycles. The monoisotopic (exact) mass is 263 g/mol. The third kappa shape index (κ3) is 5.82. The number of quaternary nitrogens is 1. The lowest BCUT2D eigenvalue weighted by atomic mass is 10.2. The standard InChI is InChI=1S/C12H26N.BrH/c1-5-9-13(10-6-2,11-7-3)12-8-4;/h5H,1,6-12H2,2-4H3;1H/q+1;/p-1. The summed E-state index contributed by atoms with van der Waals surface area (Å²) in [5, 5.41) is 0. The van der Waals surface area contributed by atoms with Gasteiger partial charge in [-0.3, -0.25) is 0 Å². The van der Waals surface area contributed by atoms with Crippen LogP contribution in [0.5, 0.6) is 0 Å². The van der Waals surface area contributed by atoms with Gasteiger partial charge in [0.15, 0.2) is 0 Å². The van der Waals surface area contributed by atoms with Gasteiger partial charge < -0.3 is 21.5 Å². The van der Waals surface area contributed by atoms with Crippen LogP contribution in [0, 0.1) is 0 Å². The molecule has 0 fully saturated rings. The fourth-order valence-corrected chi connectivity index (χ4v) is 2.31. The first kappa shape index (κ1) is 16.6. The molecule has 0 aromatic heterocycles. The highest BCUT2D eigenvalue weighted by molar-refractivity contribution is 4.66. The van der Waals surface area contributed by atoms with E-state index in [1.807, 2.05) is 0 Å². The van der Waals surface area contributed by atoms with Crippen molar-refractivity contribution in [1.82, 2.24) is 0 Å². The zero-order valence-electron chi connectivity index (χ0n) is 10.1. The largest absolute Gasteiger partial charge is 1.00 e. The van der Waals surface area contributed by atoms with Gasteiger partial charge in [-0.05, 0) is 25.3 Å². The maximum atomic E-state index is 3.88.